The fourth-order valence-corrected chi connectivity index (χ4v) is 3.78. The summed E-state index contributed by atoms with van der Waals surface area (Å²) >= 11 is 1.83. The average Bonchev–Trinajstić information content (AvgIpc) is 3.06. The molecule has 1 aromatic rings. The van der Waals surface area contributed by atoms with E-state index in [0.29, 0.717) is 5.92 Å². The first-order valence-corrected chi connectivity index (χ1v) is 8.05. The lowest BCUT2D eigenvalue weighted by Crippen LogP contribution is -2.17. The summed E-state index contributed by atoms with van der Waals surface area (Å²) in [6.45, 7) is 10.4. The predicted octanol–water partition coefficient (Wildman–Crippen LogP) is 3.65. The minimum absolute atomic E-state index is 0.0985. The highest BCUT2D eigenvalue weighted by Gasteiger charge is 2.36. The van der Waals surface area contributed by atoms with Crippen LogP contribution in [-0.4, -0.2) is 18.6 Å². The average molecular weight is 282 g/mol. The lowest BCUT2D eigenvalue weighted by molar-refractivity contribution is 0.0460. The van der Waals surface area contributed by atoms with Gasteiger partial charge in [-0.25, -0.2) is 4.98 Å². The van der Waals surface area contributed by atoms with E-state index in [9.17, 15) is 0 Å². The van der Waals surface area contributed by atoms with E-state index in [-0.39, 0.29) is 11.5 Å². The largest absolute Gasteiger partial charge is 0.371 e. The maximum absolute atomic E-state index is 5.94. The first-order chi connectivity index (χ1) is 8.97. The van der Waals surface area contributed by atoms with E-state index in [2.05, 4.69) is 33.0 Å². The van der Waals surface area contributed by atoms with Crippen LogP contribution in [0.3, 0.4) is 0 Å². The molecule has 1 heterocycles. The Kier molecular flexibility index (Phi) is 4.64. The van der Waals surface area contributed by atoms with E-state index in [1.165, 1.54) is 28.4 Å². The van der Waals surface area contributed by atoms with Crippen molar-refractivity contribution in [1.29, 1.82) is 0 Å². The quantitative estimate of drug-likeness (QED) is 0.865. The van der Waals surface area contributed by atoms with Gasteiger partial charge in [0, 0.05) is 23.4 Å². The summed E-state index contributed by atoms with van der Waals surface area (Å²) in [6.07, 6.45) is 2.80. The minimum Gasteiger partial charge on any atom is -0.371 e. The topological polar surface area (TPSA) is 34.1 Å². The Labute approximate surface area is 120 Å². The monoisotopic (exact) mass is 282 g/mol. The van der Waals surface area contributed by atoms with E-state index in [4.69, 9.17) is 9.72 Å². The maximum atomic E-state index is 5.94. The van der Waals surface area contributed by atoms with Gasteiger partial charge in [-0.05, 0) is 32.7 Å². The molecule has 1 N–H and O–H groups in total. The Balaban J connectivity index is 2.30. The molecule has 19 heavy (non-hydrogen) atoms. The lowest BCUT2D eigenvalue weighted by Gasteiger charge is -2.18. The zero-order valence-corrected chi connectivity index (χ0v) is 13.6. The summed E-state index contributed by atoms with van der Waals surface area (Å²) < 4.78 is 5.94. The number of aromatic nitrogens is 1. The van der Waals surface area contributed by atoms with Gasteiger partial charge in [0.05, 0.1) is 5.69 Å². The molecule has 0 spiro atoms. The molecule has 1 aliphatic carbocycles. The van der Waals surface area contributed by atoms with Crippen molar-refractivity contribution in [2.45, 2.75) is 58.6 Å². The highest BCUT2D eigenvalue weighted by Crippen LogP contribution is 2.45. The Hall–Kier alpha value is -0.450. The van der Waals surface area contributed by atoms with E-state index >= 15 is 0 Å². The second kappa shape index (κ2) is 5.90. The molecule has 0 aliphatic heterocycles. The summed E-state index contributed by atoms with van der Waals surface area (Å²) in [4.78, 5) is 6.29. The molecular weight excluding hydrogens is 256 g/mol. The van der Waals surface area contributed by atoms with E-state index in [0.717, 1.165) is 13.2 Å². The third kappa shape index (κ3) is 3.56. The standard InChI is InChI=1S/C15H26N2OS/c1-6-18-12(10-7-8-10)14-17-13(15(2,3)4)11(19-14)9-16-5/h10,12,16H,6-9H2,1-5H3. The van der Waals surface area contributed by atoms with Crippen molar-refractivity contribution < 1.29 is 4.74 Å². The summed E-state index contributed by atoms with van der Waals surface area (Å²) in [7, 11) is 1.99. The van der Waals surface area contributed by atoms with Gasteiger partial charge in [0.15, 0.2) is 0 Å². The molecule has 1 fully saturated rings. The molecule has 1 aromatic heterocycles. The SMILES string of the molecule is CCOC(c1nc(C(C)(C)C)c(CNC)s1)C1CC1. The lowest BCUT2D eigenvalue weighted by atomic mass is 9.91. The van der Waals surface area contributed by atoms with Crippen LogP contribution in [0.1, 0.15) is 62.2 Å². The molecule has 3 nitrogen and oxygen atoms in total. The van der Waals surface area contributed by atoms with Gasteiger partial charge in [-0.15, -0.1) is 11.3 Å². The van der Waals surface area contributed by atoms with E-state index in [1.54, 1.807) is 0 Å². The van der Waals surface area contributed by atoms with Crippen molar-refractivity contribution >= 4 is 11.3 Å². The molecule has 0 amide bonds. The number of rotatable bonds is 6. The molecular formula is C15H26N2OS. The molecule has 0 aromatic carbocycles. The summed E-state index contributed by atoms with van der Waals surface area (Å²) in [5, 5.41) is 4.44. The first kappa shape index (κ1) is 14.9. The van der Waals surface area contributed by atoms with Gasteiger partial charge in [-0.3, -0.25) is 0 Å². The smallest absolute Gasteiger partial charge is 0.122 e. The Bertz CT molecular complexity index is 418. The molecule has 0 bridgehead atoms. The molecule has 4 heteroatoms. The molecule has 2 rings (SSSR count). The van der Waals surface area contributed by atoms with Crippen LogP contribution >= 0.6 is 11.3 Å². The van der Waals surface area contributed by atoms with Crippen LogP contribution in [0.25, 0.3) is 0 Å². The number of nitrogens with one attached hydrogen (secondary N) is 1. The second-order valence-corrected chi connectivity index (χ2v) is 7.43. The van der Waals surface area contributed by atoms with Crippen molar-refractivity contribution in [3.8, 4) is 0 Å². The van der Waals surface area contributed by atoms with Crippen molar-refractivity contribution in [3.05, 3.63) is 15.6 Å². The highest BCUT2D eigenvalue weighted by molar-refractivity contribution is 7.11. The molecule has 0 radical (unpaired) electrons. The molecule has 108 valence electrons. The van der Waals surface area contributed by atoms with Gasteiger partial charge >= 0.3 is 0 Å². The molecule has 1 unspecified atom stereocenters. The molecule has 1 aliphatic rings. The maximum Gasteiger partial charge on any atom is 0.122 e. The van der Waals surface area contributed by atoms with Crippen LogP contribution in [0.15, 0.2) is 0 Å². The van der Waals surface area contributed by atoms with Gasteiger partial charge in [0.25, 0.3) is 0 Å². The van der Waals surface area contributed by atoms with Crippen molar-refractivity contribution in [1.82, 2.24) is 10.3 Å². The van der Waals surface area contributed by atoms with Gasteiger partial charge in [-0.2, -0.15) is 0 Å². The Morgan fingerprint density at radius 3 is 2.58 bits per heavy atom. The van der Waals surface area contributed by atoms with Gasteiger partial charge < -0.3 is 10.1 Å². The third-order valence-electron chi connectivity index (χ3n) is 3.40. The minimum atomic E-state index is 0.0985. The fraction of sp³-hybridized carbons (Fsp3) is 0.800. The zero-order chi connectivity index (χ0) is 14.0. The molecule has 0 saturated heterocycles. The third-order valence-corrected chi connectivity index (χ3v) is 4.52. The zero-order valence-electron chi connectivity index (χ0n) is 12.7. The van der Waals surface area contributed by atoms with Crippen LogP contribution in [-0.2, 0) is 16.7 Å². The normalized spacial score (nSPS) is 17.7. The van der Waals surface area contributed by atoms with Crippen molar-refractivity contribution in [2.24, 2.45) is 5.92 Å². The van der Waals surface area contributed by atoms with Crippen LogP contribution < -0.4 is 5.32 Å². The number of hydrogen-bond donors (Lipinski definition) is 1. The first-order valence-electron chi connectivity index (χ1n) is 7.23. The number of hydrogen-bond acceptors (Lipinski definition) is 4. The number of thiazole rings is 1. The summed E-state index contributed by atoms with van der Waals surface area (Å²) in [5.41, 5.74) is 1.33. The highest BCUT2D eigenvalue weighted by atomic mass is 32.1. The molecule has 1 saturated carbocycles. The van der Waals surface area contributed by atoms with Crippen LogP contribution in [0.5, 0.6) is 0 Å². The van der Waals surface area contributed by atoms with E-state index < -0.39 is 0 Å². The van der Waals surface area contributed by atoms with Crippen LogP contribution in [0.2, 0.25) is 0 Å². The van der Waals surface area contributed by atoms with Gasteiger partial charge in [0.1, 0.15) is 11.1 Å². The van der Waals surface area contributed by atoms with Crippen LogP contribution in [0.4, 0.5) is 0 Å². The van der Waals surface area contributed by atoms with Crippen molar-refractivity contribution in [3.63, 3.8) is 0 Å². The van der Waals surface area contributed by atoms with E-state index in [1.807, 2.05) is 18.4 Å². The van der Waals surface area contributed by atoms with Gasteiger partial charge in [-0.1, -0.05) is 20.8 Å². The predicted molar refractivity (Wildman–Crippen MR) is 80.7 cm³/mol. The second-order valence-electron chi connectivity index (χ2n) is 6.32. The molecule has 1 atom stereocenters. The van der Waals surface area contributed by atoms with Crippen molar-refractivity contribution in [2.75, 3.05) is 13.7 Å². The number of ether oxygens (including phenoxy) is 1. The Morgan fingerprint density at radius 1 is 1.42 bits per heavy atom. The summed E-state index contributed by atoms with van der Waals surface area (Å²) in [6, 6.07) is 0. The van der Waals surface area contributed by atoms with Gasteiger partial charge in [0.2, 0.25) is 0 Å². The van der Waals surface area contributed by atoms with Crippen LogP contribution in [0, 0.1) is 5.92 Å². The Morgan fingerprint density at radius 2 is 2.11 bits per heavy atom. The summed E-state index contributed by atoms with van der Waals surface area (Å²) in [5.74, 6) is 0.696. The number of nitrogens with zero attached hydrogens (tertiary/aromatic N) is 1. The fourth-order valence-electron chi connectivity index (χ4n) is 2.35.